The van der Waals surface area contributed by atoms with Crippen molar-refractivity contribution in [2.24, 2.45) is 0 Å². The molecular weight excluding hydrogens is 306 g/mol. The second kappa shape index (κ2) is 4.92. The van der Waals surface area contributed by atoms with E-state index in [-0.39, 0.29) is 11.0 Å². The topological polar surface area (TPSA) is 57.9 Å². The zero-order chi connectivity index (χ0) is 16.4. The zero-order valence-corrected chi connectivity index (χ0v) is 14.2. The summed E-state index contributed by atoms with van der Waals surface area (Å²) in [6.45, 7) is 3.44. The molecule has 0 amide bonds. The van der Waals surface area contributed by atoms with Gasteiger partial charge in [0.1, 0.15) is 6.10 Å². The van der Waals surface area contributed by atoms with Crippen LogP contribution in [0.3, 0.4) is 0 Å². The molecule has 0 radical (unpaired) electrons. The summed E-state index contributed by atoms with van der Waals surface area (Å²) in [6, 6.07) is 0. The fraction of sp³-hybridized carbons (Fsp3) is 0.667. The van der Waals surface area contributed by atoms with Crippen LogP contribution in [0.5, 0.6) is 5.88 Å². The first-order valence-corrected chi connectivity index (χ1v) is 8.78. The molecule has 2 saturated carbocycles. The number of imidazole rings is 1. The lowest BCUT2D eigenvalue weighted by Crippen LogP contribution is -2.49. The Morgan fingerprint density at radius 3 is 2.83 bits per heavy atom. The van der Waals surface area contributed by atoms with Crippen molar-refractivity contribution >= 4 is 5.78 Å². The average molecular weight is 329 g/mol. The highest BCUT2D eigenvalue weighted by Crippen LogP contribution is 2.58. The predicted molar refractivity (Wildman–Crippen MR) is 87.5 cm³/mol. The van der Waals surface area contributed by atoms with Crippen LogP contribution >= 0.6 is 0 Å². The van der Waals surface area contributed by atoms with E-state index >= 15 is 0 Å². The lowest BCUT2D eigenvalue weighted by atomic mass is 9.61. The van der Waals surface area contributed by atoms with Crippen LogP contribution in [-0.2, 0) is 14.9 Å². The molecule has 4 fully saturated rings. The van der Waals surface area contributed by atoms with Gasteiger partial charge in [0.2, 0.25) is 11.7 Å². The van der Waals surface area contributed by atoms with E-state index in [0.29, 0.717) is 12.7 Å². The summed E-state index contributed by atoms with van der Waals surface area (Å²) in [6.07, 6.45) is 10.0. The molecule has 2 aromatic rings. The first kappa shape index (κ1) is 14.7. The van der Waals surface area contributed by atoms with E-state index in [0.717, 1.165) is 55.2 Å². The summed E-state index contributed by atoms with van der Waals surface area (Å²) in [5.74, 6) is 1.45. The Morgan fingerprint density at radius 1 is 1.29 bits per heavy atom. The molecule has 128 valence electrons. The largest absolute Gasteiger partial charge is 0.474 e. The molecule has 4 aliphatic rings. The second-order valence-electron chi connectivity index (χ2n) is 7.77. The van der Waals surface area contributed by atoms with Crippen molar-refractivity contribution in [1.82, 2.24) is 14.4 Å². The maximum absolute atomic E-state index is 6.01. The SMILES string of the molecule is COCC12CC(c3cn4cc(C)c(OC5CCC5)nc4n3)(CO1)C2. The van der Waals surface area contributed by atoms with Crippen molar-refractivity contribution in [1.29, 1.82) is 0 Å². The highest BCUT2D eigenvalue weighted by atomic mass is 16.5. The summed E-state index contributed by atoms with van der Waals surface area (Å²) < 4.78 is 19.3. The Morgan fingerprint density at radius 2 is 2.12 bits per heavy atom. The van der Waals surface area contributed by atoms with Crippen LogP contribution in [0.1, 0.15) is 43.4 Å². The summed E-state index contributed by atoms with van der Waals surface area (Å²) >= 11 is 0. The molecule has 2 aromatic heterocycles. The highest BCUT2D eigenvalue weighted by Gasteiger charge is 2.64. The number of hydrogen-bond acceptors (Lipinski definition) is 5. The monoisotopic (exact) mass is 329 g/mol. The van der Waals surface area contributed by atoms with Crippen LogP contribution in [0, 0.1) is 6.92 Å². The number of nitrogens with zero attached hydrogens (tertiary/aromatic N) is 3. The molecule has 4 heterocycles. The molecule has 2 aliphatic carbocycles. The van der Waals surface area contributed by atoms with Gasteiger partial charge < -0.3 is 14.2 Å². The standard InChI is InChI=1S/C18H23N3O3/c1-12-6-21-7-14(17-8-18(9-17,11-22-2)23-10-17)19-16(21)20-15(12)24-13-4-3-5-13/h6-7,13H,3-5,8-11H2,1-2H3. The van der Waals surface area contributed by atoms with Gasteiger partial charge in [-0.05, 0) is 39.0 Å². The van der Waals surface area contributed by atoms with Crippen molar-refractivity contribution in [2.75, 3.05) is 20.3 Å². The third-order valence-corrected chi connectivity index (χ3v) is 5.84. The fourth-order valence-corrected chi connectivity index (χ4v) is 4.36. The van der Waals surface area contributed by atoms with Gasteiger partial charge in [-0.15, -0.1) is 0 Å². The van der Waals surface area contributed by atoms with Crippen molar-refractivity contribution in [3.63, 3.8) is 0 Å². The van der Waals surface area contributed by atoms with Gasteiger partial charge in [0, 0.05) is 30.5 Å². The van der Waals surface area contributed by atoms with Crippen molar-refractivity contribution in [2.45, 2.75) is 56.1 Å². The maximum atomic E-state index is 6.01. The first-order chi connectivity index (χ1) is 11.6. The normalized spacial score (nSPS) is 31.9. The quantitative estimate of drug-likeness (QED) is 0.843. The number of aromatic nitrogens is 3. The molecule has 0 spiro atoms. The van der Waals surface area contributed by atoms with Crippen LogP contribution in [0.15, 0.2) is 12.4 Å². The highest BCUT2D eigenvalue weighted by molar-refractivity contribution is 5.41. The van der Waals surface area contributed by atoms with Gasteiger partial charge in [-0.3, -0.25) is 4.40 Å². The second-order valence-corrected chi connectivity index (χ2v) is 7.77. The lowest BCUT2D eigenvalue weighted by molar-refractivity contribution is -0.0614. The summed E-state index contributed by atoms with van der Waals surface area (Å²) in [5, 5.41) is 0. The minimum atomic E-state index is -0.0909. The van der Waals surface area contributed by atoms with Gasteiger partial charge >= 0.3 is 0 Å². The molecule has 6 heteroatoms. The fourth-order valence-electron chi connectivity index (χ4n) is 4.36. The smallest absolute Gasteiger partial charge is 0.237 e. The van der Waals surface area contributed by atoms with Gasteiger partial charge in [0.25, 0.3) is 0 Å². The molecule has 0 aromatic carbocycles. The Bertz CT molecular complexity index is 790. The summed E-state index contributed by atoms with van der Waals surface area (Å²) in [5.41, 5.74) is 2.09. The molecule has 2 aliphatic heterocycles. The van der Waals surface area contributed by atoms with Gasteiger partial charge in [0.15, 0.2) is 0 Å². The molecule has 2 bridgehead atoms. The predicted octanol–water partition coefficient (Wildman–Crippen LogP) is 2.42. The van der Waals surface area contributed by atoms with Crippen molar-refractivity contribution < 1.29 is 14.2 Å². The Balaban J connectivity index is 1.44. The number of hydrogen-bond donors (Lipinski definition) is 0. The summed E-state index contributed by atoms with van der Waals surface area (Å²) in [4.78, 5) is 9.45. The van der Waals surface area contributed by atoms with Crippen molar-refractivity contribution in [3.05, 3.63) is 23.7 Å². The van der Waals surface area contributed by atoms with Crippen LogP contribution in [0.25, 0.3) is 5.78 Å². The number of methoxy groups -OCH3 is 1. The van der Waals surface area contributed by atoms with E-state index in [1.807, 2.05) is 11.3 Å². The van der Waals surface area contributed by atoms with Gasteiger partial charge in [0.05, 0.1) is 24.5 Å². The third kappa shape index (κ3) is 2.02. The van der Waals surface area contributed by atoms with Crippen molar-refractivity contribution in [3.8, 4) is 5.88 Å². The average Bonchev–Trinajstić information content (AvgIpc) is 3.13. The minimum absolute atomic E-state index is 0.0368. The zero-order valence-electron chi connectivity index (χ0n) is 14.2. The van der Waals surface area contributed by atoms with E-state index < -0.39 is 0 Å². The van der Waals surface area contributed by atoms with Crippen LogP contribution < -0.4 is 4.74 Å². The Hall–Kier alpha value is -1.66. The number of fused-ring (bicyclic) bond motifs is 2. The first-order valence-electron chi connectivity index (χ1n) is 8.78. The molecule has 0 unspecified atom stereocenters. The van der Waals surface area contributed by atoms with Gasteiger partial charge in [-0.2, -0.15) is 4.98 Å². The Labute approximate surface area is 141 Å². The van der Waals surface area contributed by atoms with E-state index in [1.165, 1.54) is 6.42 Å². The number of ether oxygens (including phenoxy) is 3. The molecule has 6 nitrogen and oxygen atoms in total. The lowest BCUT2D eigenvalue weighted by Gasteiger charge is -2.43. The molecule has 0 atom stereocenters. The molecule has 6 rings (SSSR count). The van der Waals surface area contributed by atoms with Gasteiger partial charge in [-0.1, -0.05) is 0 Å². The van der Waals surface area contributed by atoms with E-state index in [4.69, 9.17) is 19.2 Å². The van der Waals surface area contributed by atoms with Crippen LogP contribution in [0.2, 0.25) is 0 Å². The molecule has 24 heavy (non-hydrogen) atoms. The number of aryl methyl sites for hydroxylation is 1. The van der Waals surface area contributed by atoms with Gasteiger partial charge in [-0.25, -0.2) is 4.98 Å². The maximum Gasteiger partial charge on any atom is 0.237 e. The van der Waals surface area contributed by atoms with Crippen LogP contribution in [0.4, 0.5) is 0 Å². The third-order valence-electron chi connectivity index (χ3n) is 5.84. The van der Waals surface area contributed by atoms with E-state index in [1.54, 1.807) is 7.11 Å². The van der Waals surface area contributed by atoms with Crippen LogP contribution in [-0.4, -0.2) is 46.4 Å². The summed E-state index contributed by atoms with van der Waals surface area (Å²) in [7, 11) is 1.73. The van der Waals surface area contributed by atoms with E-state index in [9.17, 15) is 0 Å². The molecular formula is C18H23N3O3. The molecule has 0 N–H and O–H groups in total. The minimum Gasteiger partial charge on any atom is -0.474 e. The Kier molecular flexibility index (Phi) is 3.01. The molecule has 2 saturated heterocycles. The number of rotatable bonds is 5. The van der Waals surface area contributed by atoms with E-state index in [2.05, 4.69) is 17.4 Å².